The summed E-state index contributed by atoms with van der Waals surface area (Å²) in [6.45, 7) is 7.20. The lowest BCUT2D eigenvalue weighted by atomic mass is 9.92. The van der Waals surface area contributed by atoms with Crippen LogP contribution >= 0.6 is 0 Å². The van der Waals surface area contributed by atoms with Crippen LogP contribution in [0.2, 0.25) is 0 Å². The molecule has 1 saturated heterocycles. The Balaban J connectivity index is 3.17. The molecule has 0 amide bonds. The second-order valence-corrected chi connectivity index (χ2v) is 7.78. The van der Waals surface area contributed by atoms with Crippen molar-refractivity contribution in [1.82, 2.24) is 0 Å². The standard InChI is InChI=1S/C22H36O9/c1-5-9-17(25)29-20-14(4)28-15(12-8-13-16(23)24)21(30-18(26)10-6-2)22(20)31-19(27)11-7-3/h14-15,20-22H,5-13H2,1-4H3,(H,23,24)/t14-,15-,20-,21+,22+/m0/s1. The number of rotatable bonds is 13. The third kappa shape index (κ3) is 9.25. The molecule has 178 valence electrons. The second kappa shape index (κ2) is 14.0. The van der Waals surface area contributed by atoms with E-state index in [1.54, 1.807) is 6.92 Å². The average molecular weight is 445 g/mol. The SMILES string of the molecule is CCCC(=O)O[C@@H]1[C@@H](OC(=O)CCC)[C@H](C)O[C@@H](CCCC(=O)O)[C@H]1OC(=O)CCC. The molecule has 1 aliphatic heterocycles. The minimum Gasteiger partial charge on any atom is -0.481 e. The first-order valence-electron chi connectivity index (χ1n) is 11.2. The van der Waals surface area contributed by atoms with E-state index in [9.17, 15) is 19.2 Å². The van der Waals surface area contributed by atoms with Crippen LogP contribution in [-0.4, -0.2) is 59.5 Å². The van der Waals surface area contributed by atoms with Gasteiger partial charge in [-0.2, -0.15) is 0 Å². The highest BCUT2D eigenvalue weighted by atomic mass is 16.6. The summed E-state index contributed by atoms with van der Waals surface area (Å²) in [5.74, 6) is -2.37. The van der Waals surface area contributed by atoms with Crippen molar-refractivity contribution in [2.75, 3.05) is 0 Å². The summed E-state index contributed by atoms with van der Waals surface area (Å²) in [6, 6.07) is 0. The van der Waals surface area contributed by atoms with Crippen molar-refractivity contribution in [1.29, 1.82) is 0 Å². The predicted octanol–water partition coefficient (Wildman–Crippen LogP) is 3.16. The van der Waals surface area contributed by atoms with Crippen LogP contribution in [0.4, 0.5) is 0 Å². The zero-order valence-corrected chi connectivity index (χ0v) is 19.0. The third-order valence-corrected chi connectivity index (χ3v) is 4.91. The number of carboxylic acid groups (broad SMARTS) is 1. The van der Waals surface area contributed by atoms with Crippen LogP contribution in [0.15, 0.2) is 0 Å². The highest BCUT2D eigenvalue weighted by Crippen LogP contribution is 2.31. The lowest BCUT2D eigenvalue weighted by Gasteiger charge is -2.44. The number of carboxylic acids is 1. The molecule has 9 heteroatoms. The Morgan fingerprint density at radius 1 is 0.742 bits per heavy atom. The van der Waals surface area contributed by atoms with Gasteiger partial charge in [-0.05, 0) is 39.0 Å². The first kappa shape index (κ1) is 26.9. The van der Waals surface area contributed by atoms with Crippen molar-refractivity contribution in [2.45, 2.75) is 116 Å². The number of esters is 3. The molecule has 0 unspecified atom stereocenters. The van der Waals surface area contributed by atoms with Gasteiger partial charge in [0.1, 0.15) is 0 Å². The van der Waals surface area contributed by atoms with Crippen LogP contribution in [-0.2, 0) is 38.1 Å². The van der Waals surface area contributed by atoms with Gasteiger partial charge in [0.2, 0.25) is 0 Å². The molecule has 0 spiro atoms. The van der Waals surface area contributed by atoms with Crippen molar-refractivity contribution in [2.24, 2.45) is 0 Å². The van der Waals surface area contributed by atoms with Gasteiger partial charge >= 0.3 is 23.9 Å². The zero-order chi connectivity index (χ0) is 23.4. The molecule has 0 bridgehead atoms. The first-order chi connectivity index (χ1) is 14.7. The third-order valence-electron chi connectivity index (χ3n) is 4.91. The summed E-state index contributed by atoms with van der Waals surface area (Å²) >= 11 is 0. The number of aliphatic carboxylic acids is 1. The smallest absolute Gasteiger partial charge is 0.306 e. The maximum absolute atomic E-state index is 12.3. The Bertz CT molecular complexity index is 604. The van der Waals surface area contributed by atoms with Gasteiger partial charge in [-0.1, -0.05) is 20.8 Å². The van der Waals surface area contributed by atoms with Crippen LogP contribution in [0, 0.1) is 0 Å². The lowest BCUT2D eigenvalue weighted by Crippen LogP contribution is -2.60. The van der Waals surface area contributed by atoms with Crippen LogP contribution in [0.1, 0.15) is 85.5 Å². The maximum atomic E-state index is 12.3. The number of carbonyl (C=O) groups excluding carboxylic acids is 3. The van der Waals surface area contributed by atoms with E-state index < -0.39 is 54.4 Å². The molecule has 1 heterocycles. The fourth-order valence-electron chi connectivity index (χ4n) is 3.47. The molecule has 0 aromatic rings. The van der Waals surface area contributed by atoms with Crippen molar-refractivity contribution >= 4 is 23.9 Å². The van der Waals surface area contributed by atoms with Crippen molar-refractivity contribution in [3.05, 3.63) is 0 Å². The largest absolute Gasteiger partial charge is 0.481 e. The highest BCUT2D eigenvalue weighted by Gasteiger charge is 2.50. The molecule has 0 aromatic heterocycles. The number of ether oxygens (including phenoxy) is 4. The summed E-state index contributed by atoms with van der Waals surface area (Å²) in [6.07, 6.45) is -1.49. The van der Waals surface area contributed by atoms with Gasteiger partial charge in [0.25, 0.3) is 0 Å². The Labute approximate surface area is 183 Å². The van der Waals surface area contributed by atoms with E-state index in [0.717, 1.165) is 0 Å². The minimum absolute atomic E-state index is 0.0704. The molecule has 0 aliphatic carbocycles. The van der Waals surface area contributed by atoms with Gasteiger partial charge in [-0.15, -0.1) is 0 Å². The summed E-state index contributed by atoms with van der Waals surface area (Å²) in [5.41, 5.74) is 0. The molecule has 31 heavy (non-hydrogen) atoms. The molecular weight excluding hydrogens is 408 g/mol. The quantitative estimate of drug-likeness (QED) is 0.337. The van der Waals surface area contributed by atoms with Crippen molar-refractivity contribution < 1.29 is 43.2 Å². The topological polar surface area (TPSA) is 125 Å². The molecule has 0 radical (unpaired) electrons. The summed E-state index contributed by atoms with van der Waals surface area (Å²) < 4.78 is 22.8. The summed E-state index contributed by atoms with van der Waals surface area (Å²) in [7, 11) is 0. The lowest BCUT2D eigenvalue weighted by molar-refractivity contribution is -0.246. The van der Waals surface area contributed by atoms with Gasteiger partial charge in [0, 0.05) is 25.7 Å². The van der Waals surface area contributed by atoms with Crippen LogP contribution < -0.4 is 0 Å². The van der Waals surface area contributed by atoms with Crippen LogP contribution in [0.25, 0.3) is 0 Å². The van der Waals surface area contributed by atoms with E-state index in [4.69, 9.17) is 24.1 Å². The molecule has 1 fully saturated rings. The van der Waals surface area contributed by atoms with Gasteiger partial charge in [0.15, 0.2) is 18.3 Å². The monoisotopic (exact) mass is 444 g/mol. The molecule has 0 aromatic carbocycles. The summed E-state index contributed by atoms with van der Waals surface area (Å²) in [4.78, 5) is 47.7. The molecule has 0 saturated carbocycles. The Morgan fingerprint density at radius 2 is 1.19 bits per heavy atom. The van der Waals surface area contributed by atoms with Gasteiger partial charge in [-0.3, -0.25) is 19.2 Å². The van der Waals surface area contributed by atoms with Gasteiger partial charge in [0.05, 0.1) is 12.2 Å². The van der Waals surface area contributed by atoms with Crippen molar-refractivity contribution in [3.8, 4) is 0 Å². The first-order valence-corrected chi connectivity index (χ1v) is 11.2. The number of hydrogen-bond donors (Lipinski definition) is 1. The Morgan fingerprint density at radius 3 is 1.65 bits per heavy atom. The molecular formula is C22H36O9. The average Bonchev–Trinajstić information content (AvgIpc) is 2.67. The zero-order valence-electron chi connectivity index (χ0n) is 19.0. The molecule has 1 aliphatic rings. The Kier molecular flexibility index (Phi) is 12.1. The second-order valence-electron chi connectivity index (χ2n) is 7.78. The molecule has 5 atom stereocenters. The van der Waals surface area contributed by atoms with E-state index in [0.29, 0.717) is 25.7 Å². The minimum atomic E-state index is -1.03. The molecule has 1 N–H and O–H groups in total. The van der Waals surface area contributed by atoms with E-state index in [1.165, 1.54) is 0 Å². The highest BCUT2D eigenvalue weighted by molar-refractivity contribution is 5.71. The van der Waals surface area contributed by atoms with Crippen LogP contribution in [0.5, 0.6) is 0 Å². The number of hydrogen-bond acceptors (Lipinski definition) is 8. The Hall–Kier alpha value is -2.16. The molecule has 9 nitrogen and oxygen atoms in total. The maximum Gasteiger partial charge on any atom is 0.306 e. The van der Waals surface area contributed by atoms with Crippen LogP contribution in [0.3, 0.4) is 0 Å². The summed E-state index contributed by atoms with van der Waals surface area (Å²) in [5, 5.41) is 8.94. The van der Waals surface area contributed by atoms with E-state index >= 15 is 0 Å². The molecule has 1 rings (SSSR count). The fourth-order valence-corrected chi connectivity index (χ4v) is 3.47. The number of carbonyl (C=O) groups is 4. The van der Waals surface area contributed by atoms with E-state index in [1.807, 2.05) is 20.8 Å². The van der Waals surface area contributed by atoms with Gasteiger partial charge < -0.3 is 24.1 Å². The van der Waals surface area contributed by atoms with E-state index in [-0.39, 0.29) is 32.1 Å². The van der Waals surface area contributed by atoms with Crippen molar-refractivity contribution in [3.63, 3.8) is 0 Å². The fraction of sp³-hybridized carbons (Fsp3) is 0.818. The predicted molar refractivity (Wildman–Crippen MR) is 110 cm³/mol. The van der Waals surface area contributed by atoms with Gasteiger partial charge in [-0.25, -0.2) is 0 Å². The normalized spacial score (nSPS) is 25.5. The van der Waals surface area contributed by atoms with E-state index in [2.05, 4.69) is 0 Å².